The van der Waals surface area contributed by atoms with Crippen molar-refractivity contribution in [3.63, 3.8) is 0 Å². The number of anilines is 1. The van der Waals surface area contributed by atoms with Crippen molar-refractivity contribution in [3.8, 4) is 0 Å². The minimum atomic E-state index is -0.213. The standard InChI is InChI=1S/C9H20N2O.C7H10N2O/c1-8(2)5-7(12)6-9(3,4)11(8)10;1-10-9-7-4-2-6(8)3-5-7/h7,12H,5-6,10H2,1-4H3;2-5,9H,8H2,1H3/p+1. The highest BCUT2D eigenvalue weighted by atomic mass is 16.6. The van der Waals surface area contributed by atoms with Crippen LogP contribution in [0.3, 0.4) is 0 Å². The zero-order chi connectivity index (χ0) is 17.0. The molecule has 22 heavy (non-hydrogen) atoms. The molecule has 1 saturated heterocycles. The average Bonchev–Trinajstić information content (AvgIpc) is 2.39. The molecule has 7 N–H and O–H groups in total. The van der Waals surface area contributed by atoms with Gasteiger partial charge in [0.1, 0.15) is 0 Å². The molecule has 0 spiro atoms. The molecule has 0 bridgehead atoms. The maximum atomic E-state index is 9.62. The molecule has 1 aliphatic rings. The largest absolute Gasteiger partial charge is 0.399 e. The van der Waals surface area contributed by atoms with Crippen LogP contribution in [0.25, 0.3) is 0 Å². The minimum absolute atomic E-state index is 0.0961. The molecule has 0 aromatic heterocycles. The smallest absolute Gasteiger partial charge is 0.162 e. The van der Waals surface area contributed by atoms with Crippen LogP contribution in [-0.4, -0.2) is 34.4 Å². The molecule has 1 aromatic carbocycles. The summed E-state index contributed by atoms with van der Waals surface area (Å²) in [5, 5.41) is 11.5. The van der Waals surface area contributed by atoms with Gasteiger partial charge in [0.15, 0.2) is 5.69 Å². The van der Waals surface area contributed by atoms with Gasteiger partial charge in [-0.15, -0.1) is 0 Å². The number of rotatable bonds is 2. The number of hydrogen-bond donors (Lipinski definition) is 4. The topological polar surface area (TPSA) is 101 Å². The van der Waals surface area contributed by atoms with Gasteiger partial charge in [-0.1, -0.05) is 0 Å². The van der Waals surface area contributed by atoms with Crippen LogP contribution in [-0.2, 0) is 4.84 Å². The van der Waals surface area contributed by atoms with Crippen LogP contribution in [0.5, 0.6) is 0 Å². The molecule has 0 saturated carbocycles. The molecule has 0 atom stereocenters. The zero-order valence-corrected chi connectivity index (χ0v) is 14.3. The van der Waals surface area contributed by atoms with Gasteiger partial charge in [-0.2, -0.15) is 5.48 Å². The number of aliphatic hydroxyl groups is 1. The lowest BCUT2D eigenvalue weighted by atomic mass is 9.80. The Balaban J connectivity index is 0.000000224. The van der Waals surface area contributed by atoms with Crippen molar-refractivity contribution in [1.82, 2.24) is 5.01 Å². The predicted octanol–water partition coefficient (Wildman–Crippen LogP) is 0.899. The highest BCUT2D eigenvalue weighted by molar-refractivity contribution is 5.43. The first kappa shape index (κ1) is 18.9. The third kappa shape index (κ3) is 5.23. The Morgan fingerprint density at radius 3 is 2.00 bits per heavy atom. The second kappa shape index (κ2) is 7.39. The molecule has 0 aliphatic carbocycles. The highest BCUT2D eigenvalue weighted by Crippen LogP contribution is 2.35. The van der Waals surface area contributed by atoms with Crippen LogP contribution in [0.4, 0.5) is 11.4 Å². The number of hydrogen-bond acceptors (Lipinski definition) is 5. The van der Waals surface area contributed by atoms with Crippen molar-refractivity contribution in [3.05, 3.63) is 24.3 Å². The van der Waals surface area contributed by atoms with E-state index in [9.17, 15) is 5.11 Å². The molecule has 1 aliphatic heterocycles. The number of quaternary nitrogens is 1. The molecule has 1 heterocycles. The molecule has 1 aromatic rings. The van der Waals surface area contributed by atoms with E-state index in [0.717, 1.165) is 24.2 Å². The van der Waals surface area contributed by atoms with Gasteiger partial charge in [-0.25, -0.2) is 9.85 Å². The van der Waals surface area contributed by atoms with E-state index in [1.54, 1.807) is 12.6 Å². The molecule has 0 amide bonds. The first-order valence-electron chi connectivity index (χ1n) is 7.53. The van der Waals surface area contributed by atoms with Crippen molar-refractivity contribution in [1.29, 1.82) is 0 Å². The second-order valence-corrected chi connectivity index (χ2v) is 7.08. The number of nitrogens with zero attached hydrogens (tertiary/aromatic N) is 1. The number of nitrogen functional groups attached to an aromatic ring is 1. The fourth-order valence-corrected chi connectivity index (χ4v) is 2.95. The van der Waals surface area contributed by atoms with Gasteiger partial charge in [0.2, 0.25) is 0 Å². The maximum absolute atomic E-state index is 9.62. The van der Waals surface area contributed by atoms with Gasteiger partial charge in [-0.3, -0.25) is 5.84 Å². The normalized spacial score (nSPS) is 21.0. The van der Waals surface area contributed by atoms with E-state index in [2.05, 4.69) is 27.7 Å². The molecule has 6 nitrogen and oxygen atoms in total. The van der Waals surface area contributed by atoms with Crippen LogP contribution in [0, 0.1) is 0 Å². The van der Waals surface area contributed by atoms with Gasteiger partial charge < -0.3 is 10.8 Å². The van der Waals surface area contributed by atoms with E-state index in [1.165, 1.54) is 0 Å². The molecule has 6 heteroatoms. The SMILES string of the molecule is CC1(C)CC(O)CC(C)(C)N1N.CO[NH2+]c1ccc(N)cc1. The quantitative estimate of drug-likeness (QED) is 0.369. The molecule has 2 rings (SSSR count). The summed E-state index contributed by atoms with van der Waals surface area (Å²) in [6.07, 6.45) is 1.30. The highest BCUT2D eigenvalue weighted by Gasteiger charge is 2.43. The Morgan fingerprint density at radius 1 is 1.14 bits per heavy atom. The molecule has 126 valence electrons. The monoisotopic (exact) mass is 311 g/mol. The first-order valence-corrected chi connectivity index (χ1v) is 7.53. The van der Waals surface area contributed by atoms with Crippen molar-refractivity contribution in [2.24, 2.45) is 5.84 Å². The second-order valence-electron chi connectivity index (χ2n) is 7.08. The van der Waals surface area contributed by atoms with Crippen LogP contribution < -0.4 is 17.1 Å². The summed E-state index contributed by atoms with van der Waals surface area (Å²) in [5.41, 5.74) is 8.74. The summed E-state index contributed by atoms with van der Waals surface area (Å²) in [7, 11) is 1.62. The van der Waals surface area contributed by atoms with Crippen molar-refractivity contribution >= 4 is 11.4 Å². The number of hydrazine groups is 1. The summed E-state index contributed by atoms with van der Waals surface area (Å²) in [4.78, 5) is 4.80. The summed E-state index contributed by atoms with van der Waals surface area (Å²) >= 11 is 0. The lowest BCUT2D eigenvalue weighted by molar-refractivity contribution is -0.830. The van der Waals surface area contributed by atoms with Crippen LogP contribution >= 0.6 is 0 Å². The number of aliphatic hydroxyl groups excluding tert-OH is 1. The van der Waals surface area contributed by atoms with E-state index in [1.807, 2.05) is 29.3 Å². The Bertz CT molecular complexity index is 442. The summed E-state index contributed by atoms with van der Waals surface area (Å²) in [6.45, 7) is 8.27. The average molecular weight is 311 g/mol. The minimum Gasteiger partial charge on any atom is -0.399 e. The number of piperidine rings is 1. The molecule has 0 unspecified atom stereocenters. The summed E-state index contributed by atoms with van der Waals surface area (Å²) in [6, 6.07) is 7.48. The van der Waals surface area contributed by atoms with E-state index >= 15 is 0 Å². The van der Waals surface area contributed by atoms with Crippen molar-refractivity contribution < 1.29 is 15.4 Å². The third-order valence-electron chi connectivity index (χ3n) is 3.97. The molecule has 0 radical (unpaired) electrons. The lowest BCUT2D eigenvalue weighted by Gasteiger charge is -2.51. The van der Waals surface area contributed by atoms with E-state index in [4.69, 9.17) is 16.4 Å². The molecular weight excluding hydrogens is 280 g/mol. The van der Waals surface area contributed by atoms with E-state index in [0.29, 0.717) is 0 Å². The predicted molar refractivity (Wildman–Crippen MR) is 88.9 cm³/mol. The van der Waals surface area contributed by atoms with Gasteiger partial charge >= 0.3 is 0 Å². The molecular formula is C16H31N4O2+. The number of nitrogens with two attached hydrogens (primary N) is 3. The Morgan fingerprint density at radius 2 is 1.59 bits per heavy atom. The maximum Gasteiger partial charge on any atom is 0.162 e. The third-order valence-corrected chi connectivity index (χ3v) is 3.97. The van der Waals surface area contributed by atoms with Crippen molar-refractivity contribution in [2.75, 3.05) is 12.8 Å². The van der Waals surface area contributed by atoms with Gasteiger partial charge in [0.05, 0.1) is 13.2 Å². The van der Waals surface area contributed by atoms with Crippen LogP contribution in [0.2, 0.25) is 0 Å². The van der Waals surface area contributed by atoms with E-state index < -0.39 is 0 Å². The summed E-state index contributed by atoms with van der Waals surface area (Å²) < 4.78 is 0. The fraction of sp³-hybridized carbons (Fsp3) is 0.625. The first-order chi connectivity index (χ1) is 10.1. The Hall–Kier alpha value is -1.18. The Labute approximate surface area is 133 Å². The van der Waals surface area contributed by atoms with Gasteiger partial charge in [-0.05, 0) is 52.7 Å². The Kier molecular flexibility index (Phi) is 6.34. The van der Waals surface area contributed by atoms with Crippen LogP contribution in [0.15, 0.2) is 24.3 Å². The molecule has 1 fully saturated rings. The summed E-state index contributed by atoms with van der Waals surface area (Å²) in [5.74, 6) is 5.97. The fourth-order valence-electron chi connectivity index (χ4n) is 2.95. The van der Waals surface area contributed by atoms with Gasteiger partial charge in [0, 0.05) is 28.9 Å². The van der Waals surface area contributed by atoms with Gasteiger partial charge in [0.25, 0.3) is 0 Å². The van der Waals surface area contributed by atoms with Crippen molar-refractivity contribution in [2.45, 2.75) is 57.7 Å². The van der Waals surface area contributed by atoms with E-state index in [-0.39, 0.29) is 17.2 Å². The van der Waals surface area contributed by atoms with Crippen LogP contribution in [0.1, 0.15) is 40.5 Å². The zero-order valence-electron chi connectivity index (χ0n) is 14.3. The number of benzene rings is 1. The lowest BCUT2D eigenvalue weighted by Crippen LogP contribution is -2.75.